The summed E-state index contributed by atoms with van der Waals surface area (Å²) in [5.41, 5.74) is 0. The number of ether oxygens (including phenoxy) is 2. The second kappa shape index (κ2) is 58.7. The van der Waals surface area contributed by atoms with E-state index in [0.29, 0.717) is 17.4 Å². The van der Waals surface area contributed by atoms with Crippen LogP contribution in [0.15, 0.2) is 0 Å². The molecule has 0 spiro atoms. The maximum atomic E-state index is 12.9. The summed E-state index contributed by atoms with van der Waals surface area (Å²) in [5, 5.41) is 0. The molecule has 0 aliphatic heterocycles. The van der Waals surface area contributed by atoms with Crippen molar-refractivity contribution in [3.8, 4) is 0 Å². The molecule has 0 radical (unpaired) electrons. The van der Waals surface area contributed by atoms with Crippen LogP contribution in [0.5, 0.6) is 0 Å². The monoisotopic (exact) mass is 1100 g/mol. The highest BCUT2D eigenvalue weighted by Crippen LogP contribution is 2.43. The molecular weight excluding hydrogens is 966 g/mol. The van der Waals surface area contributed by atoms with Crippen molar-refractivity contribution in [2.45, 2.75) is 367 Å². The van der Waals surface area contributed by atoms with Gasteiger partial charge in [0.05, 0.1) is 27.7 Å². The number of phosphoric acid groups is 1. The summed E-state index contributed by atoms with van der Waals surface area (Å²) in [6.07, 6.45) is 69.2. The van der Waals surface area contributed by atoms with Crippen LogP contribution in [0.4, 0.5) is 0 Å². The third kappa shape index (κ3) is 62.2. The van der Waals surface area contributed by atoms with Crippen LogP contribution in [0.1, 0.15) is 361 Å². The number of nitrogens with zero attached hydrogens (tertiary/aromatic N) is 1. The molecule has 10 heteroatoms. The van der Waals surface area contributed by atoms with Crippen molar-refractivity contribution in [3.05, 3.63) is 0 Å². The summed E-state index contributed by atoms with van der Waals surface area (Å²) in [4.78, 5) is 35.8. The summed E-state index contributed by atoms with van der Waals surface area (Å²) < 4.78 is 34.7. The molecule has 0 aromatic carbocycles. The zero-order chi connectivity index (χ0) is 55.6. The Balaban J connectivity index is 3.99. The van der Waals surface area contributed by atoms with Crippen LogP contribution in [0, 0.1) is 0 Å². The molecule has 0 rings (SSSR count). The number of carbonyl (C=O) groups excluding carboxylic acids is 2. The number of phosphoric ester groups is 1. The summed E-state index contributed by atoms with van der Waals surface area (Å²) in [6.45, 7) is 4.53. The van der Waals surface area contributed by atoms with Gasteiger partial charge in [-0.05, 0) is 12.8 Å². The first kappa shape index (κ1) is 75.0. The lowest BCUT2D eigenvalue weighted by Crippen LogP contribution is -2.37. The van der Waals surface area contributed by atoms with Gasteiger partial charge in [-0.3, -0.25) is 18.6 Å². The fourth-order valence-corrected chi connectivity index (χ4v) is 11.2. The third-order valence-corrected chi connectivity index (χ3v) is 16.6. The molecule has 0 aromatic heterocycles. The highest BCUT2D eigenvalue weighted by atomic mass is 31.2. The molecule has 0 aliphatic carbocycles. The SMILES string of the molecule is CCCCCCCCCCCCCCCCCCCCCCCCCCCCCCCCC(=O)OC(COC(=O)CCCCCCCCCCCCCCCCCCCCCCCC)COP(=O)(O)OCC[N+](C)(C)C. The first-order chi connectivity index (χ1) is 37.0. The zero-order valence-electron chi connectivity index (χ0n) is 51.8. The number of quaternary nitrogens is 1. The van der Waals surface area contributed by atoms with E-state index in [1.165, 1.54) is 295 Å². The van der Waals surface area contributed by atoms with Gasteiger partial charge in [-0.1, -0.05) is 335 Å². The molecule has 0 bridgehead atoms. The fraction of sp³-hybridized carbons (Fsp3) is 0.970. The van der Waals surface area contributed by atoms with E-state index in [-0.39, 0.29) is 25.6 Å². The van der Waals surface area contributed by atoms with Gasteiger partial charge in [0.15, 0.2) is 6.10 Å². The van der Waals surface area contributed by atoms with Crippen molar-refractivity contribution in [1.29, 1.82) is 0 Å². The lowest BCUT2D eigenvalue weighted by molar-refractivity contribution is -0.870. The Labute approximate surface area is 474 Å². The zero-order valence-corrected chi connectivity index (χ0v) is 52.7. The van der Waals surface area contributed by atoms with E-state index in [1.54, 1.807) is 0 Å². The number of hydrogen-bond donors (Lipinski definition) is 1. The minimum Gasteiger partial charge on any atom is -0.462 e. The molecule has 0 fully saturated rings. The van der Waals surface area contributed by atoms with Crippen molar-refractivity contribution in [1.82, 2.24) is 0 Å². The van der Waals surface area contributed by atoms with Crippen molar-refractivity contribution in [2.24, 2.45) is 0 Å². The highest BCUT2D eigenvalue weighted by Gasteiger charge is 2.27. The van der Waals surface area contributed by atoms with Gasteiger partial charge in [0.25, 0.3) is 0 Å². The minimum absolute atomic E-state index is 0.0376. The van der Waals surface area contributed by atoms with Crippen molar-refractivity contribution >= 4 is 19.8 Å². The van der Waals surface area contributed by atoms with E-state index in [1.807, 2.05) is 21.1 Å². The normalized spacial score (nSPS) is 13.1. The molecule has 0 saturated carbocycles. The van der Waals surface area contributed by atoms with Gasteiger partial charge >= 0.3 is 19.8 Å². The van der Waals surface area contributed by atoms with Crippen LogP contribution in [-0.2, 0) is 32.7 Å². The van der Waals surface area contributed by atoms with Crippen molar-refractivity contribution in [3.63, 3.8) is 0 Å². The molecule has 9 nitrogen and oxygen atoms in total. The van der Waals surface area contributed by atoms with E-state index in [9.17, 15) is 19.0 Å². The first-order valence-electron chi connectivity index (χ1n) is 33.8. The standard InChI is InChI=1S/C66H132NO8P/c1-6-8-10-12-14-16-18-20-22-24-26-28-30-31-32-33-34-35-36-37-39-41-43-45-47-49-51-53-55-57-59-66(69)75-64(63-74-76(70,71)73-61-60-67(3,4)5)62-72-65(68)58-56-54-52-50-48-46-44-42-40-38-29-27-25-23-21-19-17-15-13-11-9-7-2/h64H,6-63H2,1-5H3/p+1. The first-order valence-corrected chi connectivity index (χ1v) is 35.3. The molecule has 1 N–H and O–H groups in total. The van der Waals surface area contributed by atoms with Gasteiger partial charge in [0.1, 0.15) is 19.8 Å². The van der Waals surface area contributed by atoms with Crippen LogP contribution < -0.4 is 0 Å². The molecule has 0 heterocycles. The predicted octanol–water partition coefficient (Wildman–Crippen LogP) is 21.4. The number of unbranched alkanes of at least 4 members (excludes halogenated alkanes) is 50. The maximum absolute atomic E-state index is 12.9. The van der Waals surface area contributed by atoms with Gasteiger partial charge < -0.3 is 18.9 Å². The van der Waals surface area contributed by atoms with Gasteiger partial charge in [-0.15, -0.1) is 0 Å². The van der Waals surface area contributed by atoms with Gasteiger partial charge in [-0.25, -0.2) is 4.57 Å². The summed E-state index contributed by atoms with van der Waals surface area (Å²) in [5.74, 6) is -0.769. The second-order valence-corrected chi connectivity index (χ2v) is 26.0. The molecule has 454 valence electrons. The molecule has 0 aliphatic rings. The smallest absolute Gasteiger partial charge is 0.462 e. The summed E-state index contributed by atoms with van der Waals surface area (Å²) in [6, 6.07) is 0. The number of hydrogen-bond acceptors (Lipinski definition) is 7. The number of likely N-dealkylation sites (N-methyl/N-ethyl adjacent to an activating group) is 1. The number of carbonyl (C=O) groups is 2. The quantitative estimate of drug-likeness (QED) is 0.0278. The van der Waals surface area contributed by atoms with Crippen LogP contribution in [0.2, 0.25) is 0 Å². The number of esters is 2. The molecule has 0 saturated heterocycles. The number of rotatable bonds is 64. The Bertz CT molecular complexity index is 1240. The Hall–Kier alpha value is -0.990. The average molecular weight is 1100 g/mol. The maximum Gasteiger partial charge on any atom is 0.472 e. The molecule has 2 unspecified atom stereocenters. The molecule has 0 aromatic rings. The lowest BCUT2D eigenvalue weighted by Gasteiger charge is -2.24. The minimum atomic E-state index is -4.38. The van der Waals surface area contributed by atoms with Crippen molar-refractivity contribution in [2.75, 3.05) is 47.5 Å². The topological polar surface area (TPSA) is 108 Å². The van der Waals surface area contributed by atoms with Crippen LogP contribution >= 0.6 is 7.82 Å². The second-order valence-electron chi connectivity index (χ2n) is 24.6. The highest BCUT2D eigenvalue weighted by molar-refractivity contribution is 7.47. The Morgan fingerprint density at radius 2 is 0.592 bits per heavy atom. The van der Waals surface area contributed by atoms with E-state index in [4.69, 9.17) is 18.5 Å². The van der Waals surface area contributed by atoms with Gasteiger partial charge in [0.2, 0.25) is 0 Å². The molecule has 76 heavy (non-hydrogen) atoms. The Morgan fingerprint density at radius 1 is 0.355 bits per heavy atom. The van der Waals surface area contributed by atoms with Crippen LogP contribution in [-0.4, -0.2) is 74.9 Å². The van der Waals surface area contributed by atoms with Crippen LogP contribution in [0.25, 0.3) is 0 Å². The van der Waals surface area contributed by atoms with E-state index < -0.39 is 26.5 Å². The lowest BCUT2D eigenvalue weighted by atomic mass is 10.0. The predicted molar refractivity (Wildman–Crippen MR) is 326 cm³/mol. The largest absolute Gasteiger partial charge is 0.472 e. The molecule has 2 atom stereocenters. The van der Waals surface area contributed by atoms with Crippen molar-refractivity contribution < 1.29 is 42.1 Å². The summed E-state index contributed by atoms with van der Waals surface area (Å²) in [7, 11) is 1.51. The van der Waals surface area contributed by atoms with Crippen LogP contribution in [0.3, 0.4) is 0 Å². The summed E-state index contributed by atoms with van der Waals surface area (Å²) >= 11 is 0. The molecular formula is C66H133NO8P+. The Morgan fingerprint density at radius 3 is 0.842 bits per heavy atom. The average Bonchev–Trinajstić information content (AvgIpc) is 3.38. The van der Waals surface area contributed by atoms with E-state index in [0.717, 1.165) is 38.5 Å². The van der Waals surface area contributed by atoms with Gasteiger partial charge in [0, 0.05) is 12.8 Å². The fourth-order valence-electron chi connectivity index (χ4n) is 10.4. The molecule has 0 amide bonds. The van der Waals surface area contributed by atoms with E-state index >= 15 is 0 Å². The Kier molecular flexibility index (Phi) is 57.9. The third-order valence-electron chi connectivity index (χ3n) is 15.6. The van der Waals surface area contributed by atoms with E-state index in [2.05, 4.69) is 13.8 Å². The van der Waals surface area contributed by atoms with Gasteiger partial charge in [-0.2, -0.15) is 0 Å².